The number of nitrogens with one attached hydrogen (secondary N) is 1. The minimum absolute atomic E-state index is 0.0265. The zero-order valence-electron chi connectivity index (χ0n) is 14.2. The van der Waals surface area contributed by atoms with Crippen LogP contribution in [-0.4, -0.2) is 61.7 Å². The molecule has 0 saturated carbocycles. The van der Waals surface area contributed by atoms with Crippen LogP contribution in [0.5, 0.6) is 0 Å². The van der Waals surface area contributed by atoms with Crippen molar-refractivity contribution in [3.05, 3.63) is 29.8 Å². The highest BCUT2D eigenvalue weighted by Crippen LogP contribution is 2.28. The molecule has 0 aromatic heterocycles. The number of amides is 1. The van der Waals surface area contributed by atoms with Crippen LogP contribution in [0.1, 0.15) is 29.6 Å². The van der Waals surface area contributed by atoms with Gasteiger partial charge in [0.1, 0.15) is 0 Å². The van der Waals surface area contributed by atoms with Gasteiger partial charge in [-0.3, -0.25) is 9.69 Å². The monoisotopic (exact) mass is 404 g/mol. The molecule has 0 unspecified atom stereocenters. The van der Waals surface area contributed by atoms with E-state index >= 15 is 0 Å². The first kappa shape index (κ1) is 19.6. The molecule has 1 aromatic rings. The summed E-state index contributed by atoms with van der Waals surface area (Å²) in [5, 5.41) is 2.93. The van der Waals surface area contributed by atoms with Crippen LogP contribution in [0.3, 0.4) is 0 Å². The lowest BCUT2D eigenvalue weighted by Crippen LogP contribution is -2.48. The van der Waals surface area contributed by atoms with Crippen molar-refractivity contribution in [2.75, 3.05) is 24.6 Å². The van der Waals surface area contributed by atoms with Gasteiger partial charge in [0.15, 0.2) is 9.84 Å². The summed E-state index contributed by atoms with van der Waals surface area (Å²) >= 11 is 0.373. The van der Waals surface area contributed by atoms with Gasteiger partial charge in [0, 0.05) is 30.1 Å². The maximum Gasteiger partial charge on any atom is 0.288 e. The number of alkyl halides is 2. The normalized spacial score (nSPS) is 24.0. The smallest absolute Gasteiger partial charge is 0.288 e. The van der Waals surface area contributed by atoms with Crippen LogP contribution in [0, 0.1) is 0 Å². The molecule has 2 heterocycles. The molecule has 26 heavy (non-hydrogen) atoms. The number of sulfone groups is 1. The molecule has 1 atom stereocenters. The Labute approximate surface area is 156 Å². The predicted molar refractivity (Wildman–Crippen MR) is 97.4 cm³/mol. The van der Waals surface area contributed by atoms with Gasteiger partial charge in [-0.1, -0.05) is 23.9 Å². The zero-order valence-corrected chi connectivity index (χ0v) is 15.9. The summed E-state index contributed by atoms with van der Waals surface area (Å²) < 4.78 is 48.5. The first-order valence-corrected chi connectivity index (χ1v) is 11.3. The van der Waals surface area contributed by atoms with Crippen molar-refractivity contribution in [1.82, 2.24) is 10.2 Å². The lowest BCUT2D eigenvalue weighted by Gasteiger charge is -2.35. The van der Waals surface area contributed by atoms with Crippen molar-refractivity contribution in [2.24, 2.45) is 0 Å². The van der Waals surface area contributed by atoms with Crippen LogP contribution < -0.4 is 5.32 Å². The maximum atomic E-state index is 12.7. The van der Waals surface area contributed by atoms with Crippen LogP contribution in [0.25, 0.3) is 0 Å². The number of hydrogen-bond acceptors (Lipinski definition) is 5. The minimum atomic E-state index is -2.90. The summed E-state index contributed by atoms with van der Waals surface area (Å²) in [5.41, 5.74) is 0.266. The van der Waals surface area contributed by atoms with Crippen LogP contribution in [0.4, 0.5) is 8.78 Å². The van der Waals surface area contributed by atoms with Gasteiger partial charge < -0.3 is 5.32 Å². The average Bonchev–Trinajstić information content (AvgIpc) is 2.95. The van der Waals surface area contributed by atoms with Gasteiger partial charge in [0.05, 0.1) is 17.1 Å². The highest BCUT2D eigenvalue weighted by Gasteiger charge is 2.34. The second-order valence-electron chi connectivity index (χ2n) is 6.72. The zero-order chi connectivity index (χ0) is 18.7. The van der Waals surface area contributed by atoms with E-state index < -0.39 is 15.6 Å². The summed E-state index contributed by atoms with van der Waals surface area (Å²) in [6.45, 7) is 1.47. The van der Waals surface area contributed by atoms with E-state index in [1.54, 1.807) is 18.2 Å². The van der Waals surface area contributed by atoms with E-state index in [1.165, 1.54) is 6.07 Å². The molecule has 1 aromatic carbocycles. The fraction of sp³-hybridized carbons (Fsp3) is 0.588. The van der Waals surface area contributed by atoms with Gasteiger partial charge in [-0.2, -0.15) is 8.78 Å². The third-order valence-corrected chi connectivity index (χ3v) is 7.48. The highest BCUT2D eigenvalue weighted by atomic mass is 32.2. The number of rotatable bonds is 5. The summed E-state index contributed by atoms with van der Waals surface area (Å²) in [6.07, 6.45) is 2.14. The molecule has 2 fully saturated rings. The molecule has 0 aliphatic carbocycles. The molecule has 0 radical (unpaired) electrons. The first-order valence-electron chi connectivity index (χ1n) is 8.63. The number of carbonyl (C=O) groups is 1. The van der Waals surface area contributed by atoms with Gasteiger partial charge in [0.2, 0.25) is 0 Å². The van der Waals surface area contributed by atoms with Crippen molar-refractivity contribution in [2.45, 2.75) is 42.0 Å². The van der Waals surface area contributed by atoms with Gasteiger partial charge in [-0.05, 0) is 31.4 Å². The lowest BCUT2D eigenvalue weighted by atomic mass is 10.0. The van der Waals surface area contributed by atoms with Crippen molar-refractivity contribution in [3.63, 3.8) is 0 Å². The van der Waals surface area contributed by atoms with Crippen LogP contribution in [0.2, 0.25) is 0 Å². The minimum Gasteiger partial charge on any atom is -0.349 e. The molecule has 1 amide bonds. The highest BCUT2D eigenvalue weighted by molar-refractivity contribution is 7.99. The van der Waals surface area contributed by atoms with E-state index in [0.29, 0.717) is 18.2 Å². The number of likely N-dealkylation sites (tertiary alicyclic amines) is 1. The van der Waals surface area contributed by atoms with E-state index in [9.17, 15) is 22.0 Å². The van der Waals surface area contributed by atoms with E-state index in [1.807, 2.05) is 0 Å². The Morgan fingerprint density at radius 2 is 1.88 bits per heavy atom. The molecule has 5 nitrogen and oxygen atoms in total. The van der Waals surface area contributed by atoms with Gasteiger partial charge in [-0.25, -0.2) is 8.42 Å². The Morgan fingerprint density at radius 1 is 1.19 bits per heavy atom. The second-order valence-corrected chi connectivity index (χ2v) is 9.98. The molecular formula is C17H22F2N2O3S2. The topological polar surface area (TPSA) is 66.5 Å². The summed E-state index contributed by atoms with van der Waals surface area (Å²) in [4.78, 5) is 14.9. The SMILES string of the molecule is O=C(NC1CCN([C@@H]2CCS(=O)(=O)C2)CC1)c1ccccc1SC(F)F. The molecule has 2 aliphatic heterocycles. The van der Waals surface area contributed by atoms with Gasteiger partial charge >= 0.3 is 0 Å². The Bertz CT molecular complexity index is 750. The Balaban J connectivity index is 1.54. The predicted octanol–water partition coefficient (Wildman–Crippen LogP) is 2.38. The largest absolute Gasteiger partial charge is 0.349 e. The number of piperidine rings is 1. The molecule has 2 saturated heterocycles. The van der Waals surface area contributed by atoms with Crippen molar-refractivity contribution >= 4 is 27.5 Å². The molecule has 0 spiro atoms. The van der Waals surface area contributed by atoms with Crippen LogP contribution in [-0.2, 0) is 9.84 Å². The molecule has 2 aliphatic rings. The standard InChI is InChI=1S/C17H22F2N2O3S2/c18-17(19)25-15-4-2-1-3-14(15)16(22)20-12-5-8-21(9-6-12)13-7-10-26(23,24)11-13/h1-4,12-13,17H,5-11H2,(H,20,22)/t13-/m1/s1. The molecule has 0 bridgehead atoms. The Hall–Kier alpha value is -1.19. The quantitative estimate of drug-likeness (QED) is 0.764. The van der Waals surface area contributed by atoms with Crippen molar-refractivity contribution in [3.8, 4) is 0 Å². The first-order chi connectivity index (χ1) is 12.3. The fourth-order valence-corrected chi connectivity index (χ4v) is 5.99. The number of thioether (sulfide) groups is 1. The van der Waals surface area contributed by atoms with E-state index in [2.05, 4.69) is 10.2 Å². The number of hydrogen-bond donors (Lipinski definition) is 1. The Morgan fingerprint density at radius 3 is 2.50 bits per heavy atom. The molecule has 144 valence electrons. The molecule has 9 heteroatoms. The number of carbonyl (C=O) groups excluding carboxylic acids is 1. The third-order valence-electron chi connectivity index (χ3n) is 4.94. The number of benzene rings is 1. The summed E-state index contributed by atoms with van der Waals surface area (Å²) in [7, 11) is -2.90. The van der Waals surface area contributed by atoms with Crippen molar-refractivity contribution in [1.29, 1.82) is 0 Å². The van der Waals surface area contributed by atoms with Gasteiger partial charge in [0.25, 0.3) is 11.7 Å². The van der Waals surface area contributed by atoms with Crippen LogP contribution >= 0.6 is 11.8 Å². The fourth-order valence-electron chi connectivity index (χ4n) is 3.59. The number of nitrogens with zero attached hydrogens (tertiary/aromatic N) is 1. The van der Waals surface area contributed by atoms with Crippen molar-refractivity contribution < 1.29 is 22.0 Å². The Kier molecular flexibility index (Phi) is 6.19. The lowest BCUT2D eigenvalue weighted by molar-refractivity contribution is 0.0895. The van der Waals surface area contributed by atoms with Crippen LogP contribution in [0.15, 0.2) is 29.2 Å². The maximum absolute atomic E-state index is 12.7. The second kappa shape index (κ2) is 8.22. The number of halogens is 2. The molecule has 3 rings (SSSR count). The van der Waals surface area contributed by atoms with Gasteiger partial charge in [-0.15, -0.1) is 0 Å². The summed E-state index contributed by atoms with van der Waals surface area (Å²) in [5.74, 6) is -2.43. The third kappa shape index (κ3) is 4.95. The molecular weight excluding hydrogens is 382 g/mol. The van der Waals surface area contributed by atoms with E-state index in [-0.39, 0.29) is 40.0 Å². The summed E-state index contributed by atoms with van der Waals surface area (Å²) in [6, 6.07) is 6.43. The van der Waals surface area contributed by atoms with E-state index in [0.717, 1.165) is 25.9 Å². The van der Waals surface area contributed by atoms with E-state index in [4.69, 9.17) is 0 Å². The average molecular weight is 405 g/mol. The molecule has 1 N–H and O–H groups in total.